The van der Waals surface area contributed by atoms with E-state index in [0.717, 1.165) is 52.5 Å². The van der Waals surface area contributed by atoms with Crippen LogP contribution in [-0.4, -0.2) is 25.2 Å². The largest absolute Gasteiger partial charge is 0.487 e. The summed E-state index contributed by atoms with van der Waals surface area (Å²) in [6.45, 7) is 6.03. The molecule has 1 aromatic heterocycles. The van der Waals surface area contributed by atoms with Crippen molar-refractivity contribution in [3.05, 3.63) is 50.2 Å². The Balaban J connectivity index is 1.71. The van der Waals surface area contributed by atoms with Crippen molar-refractivity contribution < 1.29 is 9.53 Å². The molecule has 5 heteroatoms. The molecule has 1 aromatic rings. The quantitative estimate of drug-likeness (QED) is 0.156. The molecule has 0 aliphatic carbocycles. The van der Waals surface area contributed by atoms with Gasteiger partial charge in [0.2, 0.25) is 0 Å². The molecular weight excluding hydrogens is 470 g/mol. The highest BCUT2D eigenvalue weighted by molar-refractivity contribution is 8.03. The maximum Gasteiger partial charge on any atom is 0.154 e. The van der Waals surface area contributed by atoms with Gasteiger partial charge in [0.15, 0.2) is 6.29 Å². The second-order valence-corrected chi connectivity index (χ2v) is 11.9. The van der Waals surface area contributed by atoms with E-state index in [4.69, 9.17) is 4.74 Å². The molecule has 0 fully saturated rings. The van der Waals surface area contributed by atoms with Crippen LogP contribution in [0.1, 0.15) is 102 Å². The molecule has 0 saturated carbocycles. The molecule has 1 unspecified atom stereocenters. The van der Waals surface area contributed by atoms with Gasteiger partial charge in [-0.25, -0.2) is 0 Å². The minimum atomic E-state index is 0.472. The van der Waals surface area contributed by atoms with Crippen LogP contribution in [0.4, 0.5) is 0 Å². The van der Waals surface area contributed by atoms with Gasteiger partial charge in [-0.3, -0.25) is 4.79 Å². The molecule has 0 spiro atoms. The van der Waals surface area contributed by atoms with Crippen molar-refractivity contribution in [3.63, 3.8) is 0 Å². The molecule has 35 heavy (non-hydrogen) atoms. The monoisotopic (exact) mass is 515 g/mol. The molecular formula is C30H45NO2S2. The minimum absolute atomic E-state index is 0.472. The van der Waals surface area contributed by atoms with E-state index in [1.807, 2.05) is 29.3 Å². The predicted octanol–water partition coefficient (Wildman–Crippen LogP) is 8.89. The zero-order valence-corrected chi connectivity index (χ0v) is 23.5. The summed E-state index contributed by atoms with van der Waals surface area (Å²) >= 11 is 3.53. The molecule has 3 heterocycles. The average molecular weight is 516 g/mol. The summed E-state index contributed by atoms with van der Waals surface area (Å²) in [6, 6.07) is 4.05. The number of allylic oxidation sites excluding steroid dienone is 1. The van der Waals surface area contributed by atoms with Crippen molar-refractivity contribution >= 4 is 35.1 Å². The van der Waals surface area contributed by atoms with Crippen LogP contribution in [0.5, 0.6) is 0 Å². The Morgan fingerprint density at radius 2 is 1.77 bits per heavy atom. The number of hydrogen-bond acceptors (Lipinski definition) is 5. The first-order valence-corrected chi connectivity index (χ1v) is 15.8. The van der Waals surface area contributed by atoms with Gasteiger partial charge < -0.3 is 10.1 Å². The van der Waals surface area contributed by atoms with Gasteiger partial charge in [-0.2, -0.15) is 0 Å². The minimum Gasteiger partial charge on any atom is -0.487 e. The Bertz CT molecular complexity index is 854. The lowest BCUT2D eigenvalue weighted by molar-refractivity contribution is -0.104. The third-order valence-corrected chi connectivity index (χ3v) is 9.04. The van der Waals surface area contributed by atoms with Crippen molar-refractivity contribution in [1.29, 1.82) is 0 Å². The van der Waals surface area contributed by atoms with Gasteiger partial charge in [0, 0.05) is 22.8 Å². The lowest BCUT2D eigenvalue weighted by Crippen LogP contribution is -2.25. The normalized spacial score (nSPS) is 17.9. The number of hydrogen-bond donors (Lipinski definition) is 1. The van der Waals surface area contributed by atoms with Gasteiger partial charge in [-0.05, 0) is 36.6 Å². The van der Waals surface area contributed by atoms with E-state index in [1.54, 1.807) is 11.3 Å². The summed E-state index contributed by atoms with van der Waals surface area (Å²) in [5, 5.41) is 5.89. The smallest absolute Gasteiger partial charge is 0.154 e. The molecule has 2 aliphatic rings. The van der Waals surface area contributed by atoms with Crippen LogP contribution in [0, 0.1) is 5.92 Å². The third kappa shape index (κ3) is 8.86. The lowest BCUT2D eigenvalue weighted by Gasteiger charge is -2.22. The van der Waals surface area contributed by atoms with E-state index < -0.39 is 0 Å². The zero-order valence-electron chi connectivity index (χ0n) is 21.9. The molecule has 3 nitrogen and oxygen atoms in total. The molecule has 2 aliphatic heterocycles. The molecule has 0 radical (unpaired) electrons. The Morgan fingerprint density at radius 3 is 2.40 bits per heavy atom. The van der Waals surface area contributed by atoms with E-state index in [9.17, 15) is 4.79 Å². The molecule has 0 aromatic carbocycles. The number of thiophene rings is 1. The summed E-state index contributed by atoms with van der Waals surface area (Å²) < 4.78 is 6.09. The fourth-order valence-electron chi connectivity index (χ4n) is 4.98. The molecule has 0 amide bonds. The first-order chi connectivity index (χ1) is 17.3. The van der Waals surface area contributed by atoms with E-state index in [-0.39, 0.29) is 0 Å². The van der Waals surface area contributed by atoms with Crippen LogP contribution in [0.3, 0.4) is 0 Å². The summed E-state index contributed by atoms with van der Waals surface area (Å²) in [4.78, 5) is 14.5. The first-order valence-electron chi connectivity index (χ1n) is 13.9. The molecule has 1 N–H and O–H groups in total. The van der Waals surface area contributed by atoms with E-state index in [1.165, 1.54) is 82.0 Å². The molecule has 3 rings (SSSR count). The average Bonchev–Trinajstić information content (AvgIpc) is 3.65. The SMILES string of the molecule is CCCCCCCCC(CCCCCC)CN/C(C1=CCCS1)=C1/COC(c2cccs2)=C1C=O. The number of carbonyl (C=O) groups is 1. The third-order valence-electron chi connectivity index (χ3n) is 7.05. The summed E-state index contributed by atoms with van der Waals surface area (Å²) in [7, 11) is 0. The number of ether oxygens (including phenoxy) is 1. The lowest BCUT2D eigenvalue weighted by atomic mass is 9.93. The highest BCUT2D eigenvalue weighted by Gasteiger charge is 2.28. The maximum atomic E-state index is 12.2. The van der Waals surface area contributed by atoms with Crippen LogP contribution < -0.4 is 5.32 Å². The van der Waals surface area contributed by atoms with Crippen LogP contribution in [0.25, 0.3) is 5.76 Å². The van der Waals surface area contributed by atoms with E-state index >= 15 is 0 Å². The number of rotatable bonds is 18. The van der Waals surface area contributed by atoms with Crippen molar-refractivity contribution in [2.24, 2.45) is 5.92 Å². The topological polar surface area (TPSA) is 38.3 Å². The Hall–Kier alpha value is -1.46. The second-order valence-electron chi connectivity index (χ2n) is 9.84. The van der Waals surface area contributed by atoms with Gasteiger partial charge in [0.1, 0.15) is 12.4 Å². The fraction of sp³-hybridized carbons (Fsp3) is 0.633. The standard InChI is InChI=1S/C30H45NO2S2/c1-3-5-7-9-10-12-16-24(15-11-8-6-4-2)21-31-29(27-17-13-19-34-27)26-23-33-30(25(26)22-32)28-18-14-20-35-28/h14,17-18,20,22,24,31H,3-13,15-16,19,21,23H2,1-2H3/b29-26-. The second kappa shape index (κ2) is 16.3. The highest BCUT2D eigenvalue weighted by atomic mass is 32.2. The summed E-state index contributed by atoms with van der Waals surface area (Å²) in [5.74, 6) is 2.55. The van der Waals surface area contributed by atoms with Crippen LogP contribution >= 0.6 is 23.1 Å². The molecule has 0 bridgehead atoms. The van der Waals surface area contributed by atoms with Crippen molar-refractivity contribution in [3.8, 4) is 0 Å². The van der Waals surface area contributed by atoms with Crippen molar-refractivity contribution in [2.45, 2.75) is 97.3 Å². The van der Waals surface area contributed by atoms with Gasteiger partial charge in [0.25, 0.3) is 0 Å². The number of unbranched alkanes of at least 4 members (excludes halogenated alkanes) is 8. The van der Waals surface area contributed by atoms with Gasteiger partial charge in [-0.15, -0.1) is 23.1 Å². The number of nitrogens with one attached hydrogen (secondary N) is 1. The Labute approximate surface area is 221 Å². The predicted molar refractivity (Wildman–Crippen MR) is 154 cm³/mol. The van der Waals surface area contributed by atoms with Gasteiger partial charge in [-0.1, -0.05) is 90.2 Å². The molecule has 1 atom stereocenters. The summed E-state index contributed by atoms with van der Waals surface area (Å²) in [5.41, 5.74) is 2.90. The number of aldehydes is 1. The first kappa shape index (κ1) is 28.1. The summed E-state index contributed by atoms with van der Waals surface area (Å²) in [6.07, 6.45) is 20.4. The Morgan fingerprint density at radius 1 is 1.06 bits per heavy atom. The Kier molecular flexibility index (Phi) is 13.1. The maximum absolute atomic E-state index is 12.2. The van der Waals surface area contributed by atoms with Gasteiger partial charge in [0.05, 0.1) is 16.1 Å². The zero-order chi connectivity index (χ0) is 24.7. The fourth-order valence-corrected chi connectivity index (χ4v) is 6.75. The number of thioether (sulfide) groups is 1. The number of carbonyl (C=O) groups excluding carboxylic acids is 1. The van der Waals surface area contributed by atoms with E-state index in [0.29, 0.717) is 12.5 Å². The van der Waals surface area contributed by atoms with E-state index in [2.05, 4.69) is 25.2 Å². The molecule has 194 valence electrons. The van der Waals surface area contributed by atoms with Crippen LogP contribution in [-0.2, 0) is 9.53 Å². The highest BCUT2D eigenvalue weighted by Crippen LogP contribution is 2.39. The van der Waals surface area contributed by atoms with Gasteiger partial charge >= 0.3 is 0 Å². The van der Waals surface area contributed by atoms with Crippen molar-refractivity contribution in [1.82, 2.24) is 5.32 Å². The van der Waals surface area contributed by atoms with Crippen molar-refractivity contribution in [2.75, 3.05) is 18.9 Å². The van der Waals surface area contributed by atoms with Crippen LogP contribution in [0.2, 0.25) is 0 Å². The van der Waals surface area contributed by atoms with Crippen LogP contribution in [0.15, 0.2) is 45.3 Å². The molecule has 0 saturated heterocycles.